The van der Waals surface area contributed by atoms with E-state index in [1.54, 1.807) is 0 Å². The highest BCUT2D eigenvalue weighted by Gasteiger charge is 2.23. The third-order valence-corrected chi connectivity index (χ3v) is 2.88. The molecule has 5 nitrogen and oxygen atoms in total. The van der Waals surface area contributed by atoms with E-state index in [9.17, 15) is 4.79 Å². The number of hydrogen-bond donors (Lipinski definition) is 2. The second kappa shape index (κ2) is 5.84. The van der Waals surface area contributed by atoms with Crippen molar-refractivity contribution in [2.45, 2.75) is 19.1 Å². The van der Waals surface area contributed by atoms with Gasteiger partial charge in [-0.2, -0.15) is 0 Å². The standard InChI is InChI=1S/C13H18N2O3/c1-9(10-3-2-4-11(14)7-10)15-13(16)12-8-17-5-6-18-12/h2-4,7,9,12H,5-6,8,14H2,1H3,(H,15,16). The Morgan fingerprint density at radius 3 is 3.00 bits per heavy atom. The van der Waals surface area contributed by atoms with Gasteiger partial charge in [0.1, 0.15) is 0 Å². The number of amides is 1. The summed E-state index contributed by atoms with van der Waals surface area (Å²) in [6.07, 6.45) is -0.512. The van der Waals surface area contributed by atoms with Crippen molar-refractivity contribution in [3.05, 3.63) is 29.8 Å². The van der Waals surface area contributed by atoms with Crippen molar-refractivity contribution in [3.8, 4) is 0 Å². The molecule has 98 valence electrons. The summed E-state index contributed by atoms with van der Waals surface area (Å²) in [7, 11) is 0. The average Bonchev–Trinajstić information content (AvgIpc) is 2.39. The fourth-order valence-electron chi connectivity index (χ4n) is 1.86. The van der Waals surface area contributed by atoms with Gasteiger partial charge < -0.3 is 20.5 Å². The Hall–Kier alpha value is -1.59. The van der Waals surface area contributed by atoms with Crippen LogP contribution in [0.1, 0.15) is 18.5 Å². The third-order valence-electron chi connectivity index (χ3n) is 2.88. The van der Waals surface area contributed by atoms with E-state index in [-0.39, 0.29) is 11.9 Å². The fraction of sp³-hybridized carbons (Fsp3) is 0.462. The molecule has 0 radical (unpaired) electrons. The second-order valence-electron chi connectivity index (χ2n) is 4.33. The van der Waals surface area contributed by atoms with Crippen LogP contribution in [0.5, 0.6) is 0 Å². The van der Waals surface area contributed by atoms with E-state index in [1.807, 2.05) is 31.2 Å². The molecule has 1 amide bonds. The molecule has 0 aliphatic carbocycles. The molecule has 2 unspecified atom stereocenters. The van der Waals surface area contributed by atoms with Crippen molar-refractivity contribution < 1.29 is 14.3 Å². The molecule has 1 heterocycles. The maximum absolute atomic E-state index is 11.9. The van der Waals surface area contributed by atoms with Crippen molar-refractivity contribution in [1.82, 2.24) is 5.32 Å². The SMILES string of the molecule is CC(NC(=O)C1COCCO1)c1cccc(N)c1. The van der Waals surface area contributed by atoms with Crippen molar-refractivity contribution in [1.29, 1.82) is 0 Å². The number of nitrogens with one attached hydrogen (secondary N) is 1. The zero-order chi connectivity index (χ0) is 13.0. The molecule has 2 atom stereocenters. The predicted octanol–water partition coefficient (Wildman–Crippen LogP) is 0.861. The molecule has 5 heteroatoms. The van der Waals surface area contributed by atoms with Gasteiger partial charge >= 0.3 is 0 Å². The Bertz CT molecular complexity index is 416. The molecule has 0 spiro atoms. The van der Waals surface area contributed by atoms with Gasteiger partial charge in [-0.25, -0.2) is 0 Å². The summed E-state index contributed by atoms with van der Waals surface area (Å²) < 4.78 is 10.5. The molecule has 0 aromatic heterocycles. The van der Waals surface area contributed by atoms with Gasteiger partial charge in [-0.15, -0.1) is 0 Å². The van der Waals surface area contributed by atoms with E-state index in [2.05, 4.69) is 5.32 Å². The van der Waals surface area contributed by atoms with Crippen LogP contribution in [0.2, 0.25) is 0 Å². The van der Waals surface area contributed by atoms with Gasteiger partial charge in [-0.1, -0.05) is 12.1 Å². The van der Waals surface area contributed by atoms with Gasteiger partial charge in [0.25, 0.3) is 5.91 Å². The van der Waals surface area contributed by atoms with Gasteiger partial charge in [0.2, 0.25) is 0 Å². The molecular formula is C13H18N2O3. The average molecular weight is 250 g/mol. The lowest BCUT2D eigenvalue weighted by Gasteiger charge is -2.24. The zero-order valence-electron chi connectivity index (χ0n) is 10.4. The number of ether oxygens (including phenoxy) is 2. The Balaban J connectivity index is 1.94. The van der Waals surface area contributed by atoms with Crippen LogP contribution in [0.25, 0.3) is 0 Å². The van der Waals surface area contributed by atoms with Gasteiger partial charge in [0.05, 0.1) is 25.9 Å². The van der Waals surface area contributed by atoms with Gasteiger partial charge in [0.15, 0.2) is 6.10 Å². The number of benzene rings is 1. The van der Waals surface area contributed by atoms with E-state index >= 15 is 0 Å². The maximum atomic E-state index is 11.9. The highest BCUT2D eigenvalue weighted by atomic mass is 16.6. The maximum Gasteiger partial charge on any atom is 0.252 e. The predicted molar refractivity (Wildman–Crippen MR) is 68.0 cm³/mol. The first-order valence-electron chi connectivity index (χ1n) is 6.02. The van der Waals surface area contributed by atoms with Crippen molar-refractivity contribution in [2.24, 2.45) is 0 Å². The first kappa shape index (κ1) is 12.9. The topological polar surface area (TPSA) is 73.6 Å². The Morgan fingerprint density at radius 1 is 1.50 bits per heavy atom. The summed E-state index contributed by atoms with van der Waals surface area (Å²) >= 11 is 0. The van der Waals surface area contributed by atoms with Gasteiger partial charge in [0, 0.05) is 5.69 Å². The van der Waals surface area contributed by atoms with Crippen LogP contribution in [0.4, 0.5) is 5.69 Å². The summed E-state index contributed by atoms with van der Waals surface area (Å²) in [5, 5.41) is 2.89. The number of nitrogens with two attached hydrogens (primary N) is 1. The Kier molecular flexibility index (Phi) is 4.17. The molecule has 1 saturated heterocycles. The zero-order valence-corrected chi connectivity index (χ0v) is 10.4. The summed E-state index contributed by atoms with van der Waals surface area (Å²) in [5.41, 5.74) is 7.37. The van der Waals surface area contributed by atoms with Crippen molar-refractivity contribution in [2.75, 3.05) is 25.6 Å². The lowest BCUT2D eigenvalue weighted by atomic mass is 10.1. The molecule has 1 aromatic rings. The number of rotatable bonds is 3. The normalized spacial score (nSPS) is 21.3. The largest absolute Gasteiger partial charge is 0.399 e. The minimum absolute atomic E-state index is 0.105. The molecule has 2 rings (SSSR count). The number of nitrogen functional groups attached to an aromatic ring is 1. The number of hydrogen-bond acceptors (Lipinski definition) is 4. The van der Waals surface area contributed by atoms with Crippen LogP contribution in [-0.4, -0.2) is 31.8 Å². The van der Waals surface area contributed by atoms with Gasteiger partial charge in [-0.05, 0) is 24.6 Å². The minimum Gasteiger partial charge on any atom is -0.399 e. The van der Waals surface area contributed by atoms with E-state index < -0.39 is 6.10 Å². The summed E-state index contributed by atoms with van der Waals surface area (Å²) in [6, 6.07) is 7.36. The summed E-state index contributed by atoms with van der Waals surface area (Å²) in [5.74, 6) is -0.148. The Morgan fingerprint density at radius 2 is 2.33 bits per heavy atom. The van der Waals surface area contributed by atoms with Crippen LogP contribution in [0.3, 0.4) is 0 Å². The van der Waals surface area contributed by atoms with Gasteiger partial charge in [-0.3, -0.25) is 4.79 Å². The molecule has 1 fully saturated rings. The molecule has 1 aliphatic heterocycles. The molecule has 18 heavy (non-hydrogen) atoms. The second-order valence-corrected chi connectivity index (χ2v) is 4.33. The quantitative estimate of drug-likeness (QED) is 0.780. The van der Waals surface area contributed by atoms with Crippen molar-refractivity contribution >= 4 is 11.6 Å². The van der Waals surface area contributed by atoms with Crippen LogP contribution in [0.15, 0.2) is 24.3 Å². The first-order chi connectivity index (χ1) is 8.66. The Labute approximate surface area is 106 Å². The molecule has 1 aromatic carbocycles. The first-order valence-corrected chi connectivity index (χ1v) is 6.02. The lowest BCUT2D eigenvalue weighted by Crippen LogP contribution is -2.43. The van der Waals surface area contributed by atoms with E-state index in [4.69, 9.17) is 15.2 Å². The minimum atomic E-state index is -0.512. The molecule has 1 aliphatic rings. The molecular weight excluding hydrogens is 232 g/mol. The third kappa shape index (κ3) is 3.21. The lowest BCUT2D eigenvalue weighted by molar-refractivity contribution is -0.148. The van der Waals surface area contributed by atoms with Crippen LogP contribution >= 0.6 is 0 Å². The van der Waals surface area contributed by atoms with Crippen molar-refractivity contribution in [3.63, 3.8) is 0 Å². The van der Waals surface area contributed by atoms with E-state index in [0.29, 0.717) is 25.5 Å². The van der Waals surface area contributed by atoms with Crippen LogP contribution in [0, 0.1) is 0 Å². The molecule has 3 N–H and O–H groups in total. The smallest absolute Gasteiger partial charge is 0.252 e. The molecule has 0 bridgehead atoms. The van der Waals surface area contributed by atoms with Crippen LogP contribution in [-0.2, 0) is 14.3 Å². The fourth-order valence-corrected chi connectivity index (χ4v) is 1.86. The summed E-state index contributed by atoms with van der Waals surface area (Å²) in [6.45, 7) is 3.24. The monoisotopic (exact) mass is 250 g/mol. The molecule has 0 saturated carbocycles. The highest BCUT2D eigenvalue weighted by Crippen LogP contribution is 2.15. The number of anilines is 1. The van der Waals surface area contributed by atoms with Crippen LogP contribution < -0.4 is 11.1 Å². The number of carbonyl (C=O) groups excluding carboxylic acids is 1. The highest BCUT2D eigenvalue weighted by molar-refractivity contribution is 5.81. The van der Waals surface area contributed by atoms with E-state index in [1.165, 1.54) is 0 Å². The summed E-state index contributed by atoms with van der Waals surface area (Å²) in [4.78, 5) is 11.9. The number of carbonyl (C=O) groups is 1. The van der Waals surface area contributed by atoms with E-state index in [0.717, 1.165) is 5.56 Å².